The van der Waals surface area contributed by atoms with Gasteiger partial charge in [0.05, 0.1) is 10.6 Å². The van der Waals surface area contributed by atoms with Crippen molar-refractivity contribution in [2.75, 3.05) is 36.0 Å². The lowest BCUT2D eigenvalue weighted by Crippen LogP contribution is -2.49. The number of piperazine rings is 1. The Bertz CT molecular complexity index is 1470. The van der Waals surface area contributed by atoms with E-state index in [1.165, 1.54) is 24.2 Å². The summed E-state index contributed by atoms with van der Waals surface area (Å²) < 4.78 is 16.8. The number of pyridine rings is 1. The fraction of sp³-hybridized carbons (Fsp3) is 0.484. The molecule has 10 heteroatoms. The molecule has 41 heavy (non-hydrogen) atoms. The molecule has 0 radical (unpaired) electrons. The van der Waals surface area contributed by atoms with Gasteiger partial charge in [-0.3, -0.25) is 19.1 Å². The minimum Gasteiger partial charge on any atom is -0.366 e. The fourth-order valence-corrected chi connectivity index (χ4v) is 7.52. The predicted octanol–water partition coefficient (Wildman–Crippen LogP) is 5.83. The van der Waals surface area contributed by atoms with Crippen molar-refractivity contribution >= 4 is 51.8 Å². The van der Waals surface area contributed by atoms with Crippen LogP contribution in [0.4, 0.5) is 15.9 Å². The van der Waals surface area contributed by atoms with Crippen molar-refractivity contribution < 1.29 is 9.18 Å². The number of rotatable bonds is 7. The highest BCUT2D eigenvalue weighted by molar-refractivity contribution is 8.26. The summed E-state index contributed by atoms with van der Waals surface area (Å²) in [5, 5.41) is 9.99. The number of anilines is 2. The molecule has 2 aliphatic heterocycles. The number of nitrogens with zero attached hydrogens (tertiary/aromatic N) is 5. The molecule has 5 rings (SSSR count). The molecule has 3 fully saturated rings. The normalized spacial score (nSPS) is 19.4. The quantitative estimate of drug-likeness (QED) is 0.296. The van der Waals surface area contributed by atoms with Crippen LogP contribution in [0.2, 0.25) is 0 Å². The van der Waals surface area contributed by atoms with Crippen LogP contribution in [0.3, 0.4) is 0 Å². The largest absolute Gasteiger partial charge is 0.366 e. The molecular formula is C31H36FN5O2S2. The highest BCUT2D eigenvalue weighted by atomic mass is 32.2. The lowest BCUT2D eigenvalue weighted by Gasteiger charge is -2.39. The Labute approximate surface area is 250 Å². The summed E-state index contributed by atoms with van der Waals surface area (Å²) >= 11 is 6.98. The van der Waals surface area contributed by atoms with Crippen LogP contribution in [-0.4, -0.2) is 51.9 Å². The zero-order valence-electron chi connectivity index (χ0n) is 23.7. The van der Waals surface area contributed by atoms with E-state index in [1.807, 2.05) is 17.0 Å². The van der Waals surface area contributed by atoms with Gasteiger partial charge < -0.3 is 9.80 Å². The second-order valence-electron chi connectivity index (χ2n) is 10.9. The number of unbranched alkanes of at least 4 members (excludes halogenated alkanes) is 1. The minimum atomic E-state index is -0.308. The van der Waals surface area contributed by atoms with Gasteiger partial charge in [-0.05, 0) is 50.0 Å². The van der Waals surface area contributed by atoms with E-state index in [0.717, 1.165) is 44.3 Å². The molecule has 2 aromatic rings. The summed E-state index contributed by atoms with van der Waals surface area (Å²) in [5.74, 6) is 0.373. The molecule has 216 valence electrons. The molecular weight excluding hydrogens is 558 g/mol. The maximum Gasteiger partial charge on any atom is 0.270 e. The number of hydrogen-bond donors (Lipinski definition) is 0. The zero-order chi connectivity index (χ0) is 29.1. The highest BCUT2D eigenvalue weighted by Gasteiger charge is 2.38. The van der Waals surface area contributed by atoms with Gasteiger partial charge in [0.15, 0.2) is 0 Å². The summed E-state index contributed by atoms with van der Waals surface area (Å²) in [6, 6.07) is 9.03. The first-order chi connectivity index (χ1) is 19.8. The first-order valence-corrected chi connectivity index (χ1v) is 15.8. The van der Waals surface area contributed by atoms with Gasteiger partial charge in [-0.25, -0.2) is 4.39 Å². The third-order valence-corrected chi connectivity index (χ3v) is 9.72. The predicted molar refractivity (Wildman–Crippen MR) is 168 cm³/mol. The van der Waals surface area contributed by atoms with E-state index in [1.54, 1.807) is 28.5 Å². The molecule has 1 aliphatic carbocycles. The van der Waals surface area contributed by atoms with Crippen molar-refractivity contribution in [3.05, 3.63) is 62.0 Å². The van der Waals surface area contributed by atoms with Gasteiger partial charge in [-0.1, -0.05) is 68.7 Å². The van der Waals surface area contributed by atoms with E-state index in [-0.39, 0.29) is 28.9 Å². The smallest absolute Gasteiger partial charge is 0.270 e. The van der Waals surface area contributed by atoms with Crippen LogP contribution in [0, 0.1) is 24.1 Å². The number of amides is 1. The molecule has 0 N–H and O–H groups in total. The van der Waals surface area contributed by atoms with E-state index in [4.69, 9.17) is 12.2 Å². The SMILES string of the molecule is CCCCn1c(N2CCN(c3ccccc3F)CC2)c(C=C2SC(=S)N(C3CCCCC3)C2=O)c(C)c(C#N)c1=O. The second kappa shape index (κ2) is 12.8. The highest BCUT2D eigenvalue weighted by Crippen LogP contribution is 2.39. The molecule has 1 saturated carbocycles. The van der Waals surface area contributed by atoms with E-state index in [2.05, 4.69) is 17.9 Å². The molecule has 3 heterocycles. The topological polar surface area (TPSA) is 72.6 Å². The van der Waals surface area contributed by atoms with Crippen LogP contribution in [0.1, 0.15) is 68.6 Å². The molecule has 0 unspecified atom stereocenters. The van der Waals surface area contributed by atoms with Crippen LogP contribution in [0.25, 0.3) is 6.08 Å². The maximum absolute atomic E-state index is 14.5. The molecule has 7 nitrogen and oxygen atoms in total. The van der Waals surface area contributed by atoms with E-state index in [9.17, 15) is 19.2 Å². The van der Waals surface area contributed by atoms with E-state index >= 15 is 0 Å². The summed E-state index contributed by atoms with van der Waals surface area (Å²) in [4.78, 5) is 33.8. The number of halogens is 1. The molecule has 0 bridgehead atoms. The van der Waals surface area contributed by atoms with Crippen LogP contribution in [-0.2, 0) is 11.3 Å². The first kappa shape index (κ1) is 29.3. The summed E-state index contributed by atoms with van der Waals surface area (Å²) in [6.07, 6.45) is 8.79. The first-order valence-electron chi connectivity index (χ1n) is 14.5. The molecule has 1 aromatic carbocycles. The number of aromatic nitrogens is 1. The maximum atomic E-state index is 14.5. The van der Waals surface area contributed by atoms with Crippen LogP contribution < -0.4 is 15.4 Å². The van der Waals surface area contributed by atoms with Crippen molar-refractivity contribution in [1.29, 1.82) is 5.26 Å². The Morgan fingerprint density at radius 3 is 2.44 bits per heavy atom. The van der Waals surface area contributed by atoms with Gasteiger partial charge in [-0.2, -0.15) is 5.26 Å². The second-order valence-corrected chi connectivity index (χ2v) is 12.6. The number of thioether (sulfide) groups is 1. The zero-order valence-corrected chi connectivity index (χ0v) is 25.3. The standard InChI is InChI=1S/C31H36FN5O2S2/c1-3-4-14-36-28(35-17-15-34(16-18-35)26-13-9-8-12-25(26)32)23(21(2)24(20-33)29(36)38)19-27-30(39)37(31(40)41-27)22-10-6-5-7-11-22/h8-9,12-13,19,22H,3-7,10-11,14-18H2,1-2H3. The van der Waals surface area contributed by atoms with Gasteiger partial charge in [0.2, 0.25) is 0 Å². The average Bonchev–Trinajstić information content (AvgIpc) is 3.27. The third-order valence-electron chi connectivity index (χ3n) is 8.39. The molecule has 2 saturated heterocycles. The fourth-order valence-electron chi connectivity index (χ4n) is 6.14. The Hall–Kier alpha value is -3.16. The Morgan fingerprint density at radius 2 is 1.78 bits per heavy atom. The summed E-state index contributed by atoms with van der Waals surface area (Å²) in [5.41, 5.74) is 1.64. The Morgan fingerprint density at radius 1 is 1.10 bits per heavy atom. The number of thiocarbonyl (C=S) groups is 1. The average molecular weight is 594 g/mol. The molecule has 1 amide bonds. The van der Waals surface area contributed by atoms with Gasteiger partial charge in [0, 0.05) is 44.3 Å². The number of carbonyl (C=O) groups excluding carboxylic acids is 1. The lowest BCUT2D eigenvalue weighted by atomic mass is 9.94. The van der Waals surface area contributed by atoms with Crippen molar-refractivity contribution in [1.82, 2.24) is 9.47 Å². The van der Waals surface area contributed by atoms with Crippen LogP contribution in [0.15, 0.2) is 34.0 Å². The van der Waals surface area contributed by atoms with E-state index in [0.29, 0.717) is 58.8 Å². The summed E-state index contributed by atoms with van der Waals surface area (Å²) in [6.45, 7) is 6.60. The van der Waals surface area contributed by atoms with Gasteiger partial charge >= 0.3 is 0 Å². The number of para-hydroxylation sites is 1. The number of carbonyl (C=O) groups is 1. The summed E-state index contributed by atoms with van der Waals surface area (Å²) in [7, 11) is 0. The minimum absolute atomic E-state index is 0.0913. The number of nitriles is 1. The molecule has 3 aliphatic rings. The molecule has 0 atom stereocenters. The number of hydrogen-bond acceptors (Lipinski definition) is 7. The third kappa shape index (κ3) is 5.80. The number of benzene rings is 1. The Balaban J connectivity index is 1.56. The van der Waals surface area contributed by atoms with Crippen molar-refractivity contribution in [2.24, 2.45) is 0 Å². The van der Waals surface area contributed by atoms with Crippen molar-refractivity contribution in [3.63, 3.8) is 0 Å². The lowest BCUT2D eigenvalue weighted by molar-refractivity contribution is -0.124. The van der Waals surface area contributed by atoms with Crippen LogP contribution >= 0.6 is 24.0 Å². The van der Waals surface area contributed by atoms with Crippen molar-refractivity contribution in [2.45, 2.75) is 71.4 Å². The van der Waals surface area contributed by atoms with Crippen molar-refractivity contribution in [3.8, 4) is 6.07 Å². The van der Waals surface area contributed by atoms with Gasteiger partial charge in [0.25, 0.3) is 11.5 Å². The van der Waals surface area contributed by atoms with Gasteiger partial charge in [0.1, 0.15) is 27.6 Å². The molecule has 0 spiro atoms. The Kier molecular flexibility index (Phi) is 9.15. The monoisotopic (exact) mass is 593 g/mol. The van der Waals surface area contributed by atoms with Gasteiger partial charge in [-0.15, -0.1) is 0 Å². The van der Waals surface area contributed by atoms with E-state index < -0.39 is 0 Å². The molecule has 1 aromatic heterocycles. The van der Waals surface area contributed by atoms with Crippen LogP contribution in [0.5, 0.6) is 0 Å².